The maximum absolute atomic E-state index is 12.8. The predicted molar refractivity (Wildman–Crippen MR) is 139 cm³/mol. The lowest BCUT2D eigenvalue weighted by atomic mass is 10.1. The Morgan fingerprint density at radius 1 is 1.08 bits per heavy atom. The highest BCUT2D eigenvalue weighted by atomic mass is 32.2. The number of rotatable bonds is 9. The van der Waals surface area contributed by atoms with Crippen molar-refractivity contribution in [3.05, 3.63) is 60.3 Å². The van der Waals surface area contributed by atoms with Gasteiger partial charge >= 0.3 is 0 Å². The summed E-state index contributed by atoms with van der Waals surface area (Å²) >= 11 is 0. The van der Waals surface area contributed by atoms with Gasteiger partial charge in [0.05, 0.1) is 28.6 Å². The minimum absolute atomic E-state index is 0.106. The normalized spacial score (nSPS) is 16.5. The van der Waals surface area contributed by atoms with Crippen LogP contribution in [0.1, 0.15) is 18.9 Å². The third-order valence-electron chi connectivity index (χ3n) is 6.32. The lowest BCUT2D eigenvalue weighted by Gasteiger charge is -2.10. The number of nitrogens with two attached hydrogens (primary N) is 1. The Kier molecular flexibility index (Phi) is 7.45. The van der Waals surface area contributed by atoms with Crippen LogP contribution >= 0.6 is 0 Å². The Balaban J connectivity index is 1.35. The van der Waals surface area contributed by atoms with Gasteiger partial charge in [0.25, 0.3) is 5.89 Å². The fourth-order valence-corrected chi connectivity index (χ4v) is 5.59. The molecule has 2 aromatic carbocycles. The molecule has 4 aromatic rings. The van der Waals surface area contributed by atoms with Crippen LogP contribution in [0.15, 0.2) is 64.0 Å². The van der Waals surface area contributed by atoms with Crippen molar-refractivity contribution in [2.45, 2.75) is 36.1 Å². The molecule has 0 bridgehead atoms. The second-order valence-electron chi connectivity index (χ2n) is 9.09. The molecule has 1 saturated heterocycles. The van der Waals surface area contributed by atoms with Crippen LogP contribution in [0.5, 0.6) is 0 Å². The number of anilines is 1. The molecule has 0 amide bonds. The van der Waals surface area contributed by atoms with Crippen LogP contribution in [0.4, 0.5) is 10.2 Å². The molecule has 0 aliphatic carbocycles. The number of ether oxygens (including phenoxy) is 1. The summed E-state index contributed by atoms with van der Waals surface area (Å²) in [6, 6.07) is 13.7. The minimum atomic E-state index is -3.46. The van der Waals surface area contributed by atoms with Crippen molar-refractivity contribution in [3.8, 4) is 34.3 Å². The number of alkyl halides is 1. The first kappa shape index (κ1) is 25.9. The zero-order valence-corrected chi connectivity index (χ0v) is 21.5. The molecule has 3 heterocycles. The molecule has 10 nitrogen and oxygen atoms in total. The number of aromatic nitrogens is 4. The lowest BCUT2D eigenvalue weighted by Crippen LogP contribution is -2.27. The second kappa shape index (κ2) is 10.9. The molecule has 198 valence electrons. The largest absolute Gasteiger partial charge is 0.414 e. The van der Waals surface area contributed by atoms with E-state index in [1.54, 1.807) is 31.2 Å². The number of nitrogens with one attached hydrogen (secondary N) is 1. The average Bonchev–Trinajstić information content (AvgIpc) is 3.66. The van der Waals surface area contributed by atoms with Crippen LogP contribution in [0.2, 0.25) is 0 Å². The van der Waals surface area contributed by atoms with Crippen LogP contribution in [-0.2, 0) is 21.1 Å². The van der Waals surface area contributed by atoms with Gasteiger partial charge in [0, 0.05) is 30.3 Å². The monoisotopic (exact) mass is 538 g/mol. The van der Waals surface area contributed by atoms with Crippen LogP contribution in [-0.4, -0.2) is 59.8 Å². The van der Waals surface area contributed by atoms with Crippen molar-refractivity contribution in [3.63, 3.8) is 0 Å². The fourth-order valence-electron chi connectivity index (χ4n) is 4.01. The Morgan fingerprint density at radius 3 is 2.47 bits per heavy atom. The summed E-state index contributed by atoms with van der Waals surface area (Å²) in [5, 5.41) is 10.8. The first-order valence-corrected chi connectivity index (χ1v) is 13.7. The highest BCUT2D eigenvalue weighted by Crippen LogP contribution is 2.29. The van der Waals surface area contributed by atoms with Gasteiger partial charge in [-0.1, -0.05) is 24.3 Å². The average molecular weight is 539 g/mol. The summed E-state index contributed by atoms with van der Waals surface area (Å²) in [6.07, 6.45) is 1.99. The lowest BCUT2D eigenvalue weighted by molar-refractivity contribution is 0.198. The van der Waals surface area contributed by atoms with Crippen LogP contribution in [0.25, 0.3) is 34.3 Å². The van der Waals surface area contributed by atoms with E-state index in [1.165, 1.54) is 6.20 Å². The van der Waals surface area contributed by atoms with Gasteiger partial charge in [0.15, 0.2) is 21.3 Å². The zero-order chi connectivity index (χ0) is 26.7. The van der Waals surface area contributed by atoms with Gasteiger partial charge in [-0.2, -0.15) is 0 Å². The molecule has 2 unspecified atom stereocenters. The third kappa shape index (κ3) is 5.42. The van der Waals surface area contributed by atoms with Gasteiger partial charge < -0.3 is 20.2 Å². The quantitative estimate of drug-likeness (QED) is 0.325. The number of benzene rings is 2. The van der Waals surface area contributed by atoms with E-state index in [0.29, 0.717) is 36.4 Å². The van der Waals surface area contributed by atoms with Crippen LogP contribution < -0.4 is 11.1 Å². The van der Waals surface area contributed by atoms with Crippen LogP contribution in [0, 0.1) is 0 Å². The van der Waals surface area contributed by atoms with Gasteiger partial charge in [-0.3, -0.25) is 0 Å². The number of nitrogens with zero attached hydrogens (tertiary/aromatic N) is 4. The van der Waals surface area contributed by atoms with Crippen molar-refractivity contribution in [2.75, 3.05) is 25.6 Å². The number of halogens is 1. The first-order valence-electron chi connectivity index (χ1n) is 12.1. The van der Waals surface area contributed by atoms with Gasteiger partial charge in [0.2, 0.25) is 5.89 Å². The van der Waals surface area contributed by atoms with E-state index < -0.39 is 21.8 Å². The topological polar surface area (TPSA) is 146 Å². The van der Waals surface area contributed by atoms with Crippen molar-refractivity contribution in [2.24, 2.45) is 0 Å². The van der Waals surface area contributed by atoms with E-state index in [2.05, 4.69) is 25.5 Å². The zero-order valence-electron chi connectivity index (χ0n) is 20.7. The van der Waals surface area contributed by atoms with Gasteiger partial charge in [-0.25, -0.2) is 22.8 Å². The molecular weight excluding hydrogens is 511 g/mol. The Morgan fingerprint density at radius 2 is 1.79 bits per heavy atom. The standard InChI is InChI=1S/C26H27FN6O4S/c1-16(12-27)29-13-17-2-4-19(5-3-17)25-32-33-26(37-25)23-24(28)30-14-22(31-23)18-6-8-20(9-7-18)38(34,35)21-10-11-36-15-21/h2-9,14,16,21,29H,10-13,15H2,1H3,(H2,28,30). The fraction of sp³-hybridized carbons (Fsp3) is 0.308. The SMILES string of the molecule is CC(CF)NCc1ccc(-c2nnc(-c3nc(-c4ccc(S(=O)(=O)C5CCOC5)cc4)cnc3N)o2)cc1. The number of nitrogen functional groups attached to an aromatic ring is 1. The van der Waals surface area contributed by atoms with Crippen molar-refractivity contribution < 1.29 is 22.0 Å². The van der Waals surface area contributed by atoms with E-state index in [0.717, 1.165) is 5.56 Å². The Bertz CT molecular complexity index is 1500. The maximum atomic E-state index is 12.8. The summed E-state index contributed by atoms with van der Waals surface area (Å²) in [5.74, 6) is 0.510. The Hall–Kier alpha value is -3.74. The summed E-state index contributed by atoms with van der Waals surface area (Å²) in [5.41, 5.74) is 9.12. The van der Waals surface area contributed by atoms with Gasteiger partial charge in [-0.15, -0.1) is 10.2 Å². The van der Waals surface area contributed by atoms with Crippen LogP contribution in [0.3, 0.4) is 0 Å². The summed E-state index contributed by atoms with van der Waals surface area (Å²) in [7, 11) is -3.46. The molecule has 1 aliphatic rings. The molecule has 0 radical (unpaired) electrons. The highest BCUT2D eigenvalue weighted by molar-refractivity contribution is 7.92. The summed E-state index contributed by atoms with van der Waals surface area (Å²) < 4.78 is 49.3. The van der Waals surface area contributed by atoms with E-state index >= 15 is 0 Å². The summed E-state index contributed by atoms with van der Waals surface area (Å²) in [4.78, 5) is 9.02. The number of sulfone groups is 1. The van der Waals surface area contributed by atoms with Crippen molar-refractivity contribution >= 4 is 15.7 Å². The van der Waals surface area contributed by atoms with Gasteiger partial charge in [0.1, 0.15) is 6.67 Å². The van der Waals surface area contributed by atoms with Gasteiger partial charge in [-0.05, 0) is 43.2 Å². The van der Waals surface area contributed by atoms with Crippen molar-refractivity contribution in [1.29, 1.82) is 0 Å². The molecule has 1 fully saturated rings. The molecule has 2 atom stereocenters. The molecule has 12 heteroatoms. The maximum Gasteiger partial charge on any atom is 0.270 e. The minimum Gasteiger partial charge on any atom is -0.414 e. The second-order valence-corrected chi connectivity index (χ2v) is 11.3. The molecular formula is C26H27FN6O4S. The predicted octanol–water partition coefficient (Wildman–Crippen LogP) is 3.45. The number of hydrogen-bond donors (Lipinski definition) is 2. The first-order chi connectivity index (χ1) is 18.3. The van der Waals surface area contributed by atoms with E-state index in [9.17, 15) is 12.8 Å². The molecule has 2 aromatic heterocycles. The van der Waals surface area contributed by atoms with E-state index in [-0.39, 0.29) is 40.8 Å². The van der Waals surface area contributed by atoms with E-state index in [4.69, 9.17) is 14.9 Å². The molecule has 3 N–H and O–H groups in total. The Labute approximate surface area is 219 Å². The van der Waals surface area contributed by atoms with E-state index in [1.807, 2.05) is 24.3 Å². The molecule has 1 aliphatic heterocycles. The molecule has 0 saturated carbocycles. The number of hydrogen-bond acceptors (Lipinski definition) is 10. The molecule has 0 spiro atoms. The smallest absolute Gasteiger partial charge is 0.270 e. The molecule has 5 rings (SSSR count). The third-order valence-corrected chi connectivity index (χ3v) is 8.50. The highest BCUT2D eigenvalue weighted by Gasteiger charge is 2.31. The van der Waals surface area contributed by atoms with Crippen molar-refractivity contribution in [1.82, 2.24) is 25.5 Å². The summed E-state index contributed by atoms with van der Waals surface area (Å²) in [6.45, 7) is 2.56. The molecule has 38 heavy (non-hydrogen) atoms.